The molecule has 3 unspecified atom stereocenters. The van der Waals surface area contributed by atoms with E-state index in [1.54, 1.807) is 24.3 Å². The predicted octanol–water partition coefficient (Wildman–Crippen LogP) is 5.93. The Morgan fingerprint density at radius 1 is 1.11 bits per heavy atom. The van der Waals surface area contributed by atoms with Crippen LogP contribution in [0.1, 0.15) is 61.4 Å². The minimum absolute atomic E-state index is 0.0139. The lowest BCUT2D eigenvalue weighted by atomic mass is 9.99. The van der Waals surface area contributed by atoms with Crippen LogP contribution in [-0.2, 0) is 14.3 Å². The predicted molar refractivity (Wildman–Crippen MR) is 172 cm³/mol. The highest BCUT2D eigenvalue weighted by Gasteiger charge is 2.37. The first-order valence-corrected chi connectivity index (χ1v) is 16.2. The maximum absolute atomic E-state index is 13.1. The number of aromatic nitrogens is 1. The van der Waals surface area contributed by atoms with Crippen LogP contribution >= 0.6 is 11.3 Å². The summed E-state index contributed by atoms with van der Waals surface area (Å²) in [5.74, 6) is -0.888. The molecule has 2 aliphatic rings. The molecule has 1 amide bonds. The molecule has 2 aromatic carbocycles. The first-order chi connectivity index (χ1) is 22.4. The van der Waals surface area contributed by atoms with E-state index in [1.807, 2.05) is 0 Å². The molecule has 3 atom stereocenters. The smallest absolute Gasteiger partial charge is 0.573 e. The molecule has 0 spiro atoms. The van der Waals surface area contributed by atoms with Crippen LogP contribution in [0, 0.1) is 17.2 Å². The number of allylic oxidation sites excluding steroid dienone is 1. The number of nitrogens with zero attached hydrogens (tertiary/aromatic N) is 1. The van der Waals surface area contributed by atoms with E-state index < -0.39 is 24.0 Å². The lowest BCUT2D eigenvalue weighted by molar-refractivity contribution is -0.274. The normalized spacial score (nSPS) is 20.6. The van der Waals surface area contributed by atoms with Crippen LogP contribution in [0.4, 0.5) is 18.3 Å². The van der Waals surface area contributed by atoms with Gasteiger partial charge in [0.2, 0.25) is 5.76 Å². The zero-order chi connectivity index (χ0) is 33.7. The molecule has 1 aromatic heterocycles. The van der Waals surface area contributed by atoms with Gasteiger partial charge in [0.1, 0.15) is 12.3 Å². The number of halogens is 3. The number of fused-ring (bicyclic) bond motifs is 1. The summed E-state index contributed by atoms with van der Waals surface area (Å²) < 4.78 is 55.3. The van der Waals surface area contributed by atoms with E-state index in [9.17, 15) is 22.8 Å². The van der Waals surface area contributed by atoms with Gasteiger partial charge < -0.3 is 30.0 Å². The van der Waals surface area contributed by atoms with E-state index in [-0.39, 0.29) is 53.8 Å². The second kappa shape index (κ2) is 14.7. The minimum atomic E-state index is -4.92. The van der Waals surface area contributed by atoms with Gasteiger partial charge in [-0.2, -0.15) is 0 Å². The Labute approximate surface area is 273 Å². The van der Waals surface area contributed by atoms with Crippen LogP contribution in [0.15, 0.2) is 53.8 Å². The molecule has 3 aromatic rings. The Bertz CT molecular complexity index is 1650. The number of hydrogen-bond donors (Lipinski definition) is 3. The van der Waals surface area contributed by atoms with Crippen molar-refractivity contribution in [2.45, 2.75) is 64.0 Å². The number of thiazole rings is 1. The van der Waals surface area contributed by atoms with Crippen molar-refractivity contribution >= 4 is 44.3 Å². The Morgan fingerprint density at radius 2 is 1.87 bits per heavy atom. The highest BCUT2D eigenvalue weighted by atomic mass is 32.1. The zero-order valence-corrected chi connectivity index (χ0v) is 26.9. The fraction of sp³-hybridized carbons (Fsp3) is 0.455. The van der Waals surface area contributed by atoms with Gasteiger partial charge in [-0.15, -0.1) is 13.2 Å². The lowest BCUT2D eigenvalue weighted by Crippen LogP contribution is -2.30. The fourth-order valence-electron chi connectivity index (χ4n) is 5.63. The average Bonchev–Trinajstić information content (AvgIpc) is 3.83. The summed E-state index contributed by atoms with van der Waals surface area (Å²) in [5.41, 5.74) is 1.15. The first-order valence-electron chi connectivity index (χ1n) is 15.4. The van der Waals surface area contributed by atoms with Crippen molar-refractivity contribution < 1.29 is 42.1 Å². The van der Waals surface area contributed by atoms with Gasteiger partial charge in [-0.05, 0) is 74.8 Å². The number of nitrogens with one attached hydrogen (secondary N) is 3. The summed E-state index contributed by atoms with van der Waals surface area (Å²) in [6.45, 7) is 1.85. The average molecular weight is 676 g/mol. The molecular weight excluding hydrogens is 637 g/mol. The van der Waals surface area contributed by atoms with Crippen molar-refractivity contribution in [3.05, 3.63) is 64.9 Å². The first kappa shape index (κ1) is 34.2. The number of carbonyl (C=O) groups excluding carboxylic acids is 2. The monoisotopic (exact) mass is 675 g/mol. The third kappa shape index (κ3) is 9.22. The van der Waals surface area contributed by atoms with Gasteiger partial charge in [-0.25, -0.2) is 4.98 Å². The third-order valence-corrected chi connectivity index (χ3v) is 9.23. The van der Waals surface area contributed by atoms with Gasteiger partial charge in [0.15, 0.2) is 5.13 Å². The van der Waals surface area contributed by atoms with Crippen molar-refractivity contribution in [3.8, 4) is 5.75 Å². The molecule has 2 aliphatic carbocycles. The van der Waals surface area contributed by atoms with E-state index in [2.05, 4.69) is 27.0 Å². The Hall–Kier alpha value is -4.17. The van der Waals surface area contributed by atoms with Crippen molar-refractivity contribution in [3.63, 3.8) is 0 Å². The van der Waals surface area contributed by atoms with Crippen molar-refractivity contribution in [1.29, 1.82) is 5.41 Å². The van der Waals surface area contributed by atoms with Gasteiger partial charge in [-0.3, -0.25) is 15.0 Å². The standard InChI is InChI=1S/C33H37F3N4O6S/c1-18-7-11-21(39-32-40-25-12-10-20(14-27(25)47-32)31(43)38-16-28(41)44-2)15-22(13-18)45-17-24(30(42)19-8-9-19)29(37)23-5-3-4-6-26(23)46-33(34,35)36/h3-6,10,12,14,18-19,21-22,37,42H,7-9,11,13,15-17H2,1-2H3,(H,38,43)(H,39,40)/p+1/b30-24-,37-29?. The number of ether oxygens (including phenoxy) is 3. The van der Waals surface area contributed by atoms with E-state index in [1.165, 1.54) is 36.6 Å². The zero-order valence-electron chi connectivity index (χ0n) is 26.0. The highest BCUT2D eigenvalue weighted by molar-refractivity contribution is 7.22. The maximum atomic E-state index is 13.1. The number of para-hydroxylation sites is 1. The van der Waals surface area contributed by atoms with Crippen LogP contribution in [0.5, 0.6) is 5.75 Å². The molecule has 1 heterocycles. The summed E-state index contributed by atoms with van der Waals surface area (Å²) in [6.07, 6.45) is -0.346. The quantitative estimate of drug-likeness (QED) is 0.0710. The number of alkyl halides is 3. The topological polar surface area (TPSA) is 146 Å². The lowest BCUT2D eigenvalue weighted by Gasteiger charge is -2.23. The van der Waals surface area contributed by atoms with E-state index >= 15 is 0 Å². The third-order valence-electron chi connectivity index (χ3n) is 8.28. The minimum Gasteiger partial charge on any atom is -0.596 e. The summed E-state index contributed by atoms with van der Waals surface area (Å²) in [4.78, 5) is 28.5. The molecule has 10 nitrogen and oxygen atoms in total. The molecule has 252 valence electrons. The van der Waals surface area contributed by atoms with Crippen molar-refractivity contribution in [2.24, 2.45) is 11.8 Å². The molecule has 0 saturated heterocycles. The molecule has 2 saturated carbocycles. The maximum Gasteiger partial charge on any atom is 0.573 e. The van der Waals surface area contributed by atoms with Crippen LogP contribution in [0.25, 0.3) is 10.2 Å². The van der Waals surface area contributed by atoms with Gasteiger partial charge in [-0.1, -0.05) is 30.4 Å². The molecule has 47 heavy (non-hydrogen) atoms. The van der Waals surface area contributed by atoms with Gasteiger partial charge in [0, 0.05) is 17.2 Å². The molecule has 0 bridgehead atoms. The second-order valence-electron chi connectivity index (χ2n) is 12.0. The number of rotatable bonds is 12. The molecular formula is C33H38F3N4O6S+. The van der Waals surface area contributed by atoms with E-state index in [4.69, 9.17) is 20.2 Å². The number of methoxy groups -OCH3 is 1. The SMILES string of the molecule is COC(=O)CNC(=O)c1ccc2nc(NC3CCC(C)CC(OC/C(C(=N)c4ccccc4OC(F)(F)F)=C(/[OH2+])C4CC4)C3)sc2c1. The molecule has 2 fully saturated rings. The molecule has 14 heteroatoms. The van der Waals surface area contributed by atoms with Crippen molar-refractivity contribution in [1.82, 2.24) is 10.3 Å². The Kier molecular flexibility index (Phi) is 10.7. The summed E-state index contributed by atoms with van der Waals surface area (Å²) >= 11 is 1.41. The van der Waals surface area contributed by atoms with E-state index in [0.29, 0.717) is 23.0 Å². The Balaban J connectivity index is 1.27. The van der Waals surface area contributed by atoms with Gasteiger partial charge >= 0.3 is 12.3 Å². The van der Waals surface area contributed by atoms with Crippen LogP contribution < -0.4 is 15.4 Å². The number of benzene rings is 2. The molecule has 0 aliphatic heterocycles. The van der Waals surface area contributed by atoms with Crippen molar-refractivity contribution in [2.75, 3.05) is 25.6 Å². The molecule has 5 N–H and O–H groups in total. The van der Waals surface area contributed by atoms with Gasteiger partial charge in [0.05, 0.1) is 47.2 Å². The van der Waals surface area contributed by atoms with E-state index in [0.717, 1.165) is 42.3 Å². The number of carbonyl (C=O) groups is 2. The van der Waals surface area contributed by atoms with Crippen LogP contribution in [0.3, 0.4) is 0 Å². The molecule has 5 rings (SSSR count). The van der Waals surface area contributed by atoms with Crippen LogP contribution in [-0.4, -0.2) is 66.4 Å². The largest absolute Gasteiger partial charge is 0.596 e. The highest BCUT2D eigenvalue weighted by Crippen LogP contribution is 2.39. The number of amides is 1. The Morgan fingerprint density at radius 3 is 2.60 bits per heavy atom. The summed E-state index contributed by atoms with van der Waals surface area (Å²) in [7, 11) is 1.25. The van der Waals surface area contributed by atoms with Crippen LogP contribution in [0.2, 0.25) is 0 Å². The fourth-order valence-corrected chi connectivity index (χ4v) is 6.62. The number of anilines is 1. The summed E-state index contributed by atoms with van der Waals surface area (Å²) in [6, 6.07) is 10.7. The number of hydrogen-bond acceptors (Lipinski definition) is 9. The number of esters is 1. The second-order valence-corrected chi connectivity index (χ2v) is 13.0. The summed E-state index contributed by atoms with van der Waals surface area (Å²) in [5, 5.41) is 24.3. The molecule has 0 radical (unpaired) electrons. The van der Waals surface area contributed by atoms with Gasteiger partial charge in [0.25, 0.3) is 5.91 Å².